The van der Waals surface area contributed by atoms with Crippen molar-refractivity contribution in [2.24, 2.45) is 0 Å². The van der Waals surface area contributed by atoms with Crippen LogP contribution in [0.4, 0.5) is 5.82 Å². The summed E-state index contributed by atoms with van der Waals surface area (Å²) in [7, 11) is 0. The van der Waals surface area contributed by atoms with Crippen LogP contribution in [0.25, 0.3) is 11.3 Å². The van der Waals surface area contributed by atoms with Crippen LogP contribution in [0, 0.1) is 36.5 Å². The lowest BCUT2D eigenvalue weighted by Crippen LogP contribution is -2.02. The first-order valence-electron chi connectivity index (χ1n) is 7.48. The lowest BCUT2D eigenvalue weighted by molar-refractivity contribution is 0.548. The van der Waals surface area contributed by atoms with Crippen LogP contribution in [0.5, 0.6) is 0 Å². The zero-order chi connectivity index (χ0) is 18.0. The number of anilines is 1. The summed E-state index contributed by atoms with van der Waals surface area (Å²) in [5.74, 6) is 1.21. The number of pyridine rings is 1. The first-order valence-corrected chi connectivity index (χ1v) is 8.30. The van der Waals surface area contributed by atoms with Gasteiger partial charge in [0.1, 0.15) is 40.1 Å². The van der Waals surface area contributed by atoms with Gasteiger partial charge >= 0.3 is 0 Å². The number of aryl methyl sites for hydroxylation is 2. The van der Waals surface area contributed by atoms with E-state index in [1.165, 1.54) is 11.8 Å². The maximum Gasteiger partial charge on any atom is 0.143 e. The van der Waals surface area contributed by atoms with Gasteiger partial charge in [0.05, 0.1) is 11.1 Å². The van der Waals surface area contributed by atoms with Gasteiger partial charge in [-0.1, -0.05) is 29.5 Å². The minimum absolute atomic E-state index is 0.0835. The molecule has 0 aliphatic heterocycles. The Morgan fingerprint density at radius 3 is 2.24 bits per heavy atom. The molecule has 2 aromatic heterocycles. The molecule has 0 spiro atoms. The predicted molar refractivity (Wildman–Crippen MR) is 95.8 cm³/mol. The number of furan rings is 1. The van der Waals surface area contributed by atoms with Crippen molar-refractivity contribution in [3.63, 3.8) is 0 Å². The van der Waals surface area contributed by atoms with Gasteiger partial charge in [-0.3, -0.25) is 0 Å². The summed E-state index contributed by atoms with van der Waals surface area (Å²) in [5, 5.41) is 19.6. The highest BCUT2D eigenvalue weighted by atomic mass is 32.2. The second-order valence-corrected chi connectivity index (χ2v) is 6.54. The quantitative estimate of drug-likeness (QED) is 0.753. The molecule has 0 bridgehead atoms. The molecule has 1 aromatic carbocycles. The van der Waals surface area contributed by atoms with E-state index in [-0.39, 0.29) is 16.9 Å². The summed E-state index contributed by atoms with van der Waals surface area (Å²) in [5.41, 5.74) is 7.95. The summed E-state index contributed by atoms with van der Waals surface area (Å²) in [4.78, 5) is 5.21. The Hall–Kier alpha value is -3.22. The largest absolute Gasteiger partial charge is 0.461 e. The molecule has 0 saturated heterocycles. The van der Waals surface area contributed by atoms with E-state index in [0.717, 1.165) is 10.5 Å². The maximum absolute atomic E-state index is 9.71. The van der Waals surface area contributed by atoms with Crippen molar-refractivity contribution in [2.75, 3.05) is 5.73 Å². The van der Waals surface area contributed by atoms with Gasteiger partial charge in [0.2, 0.25) is 0 Å². The van der Waals surface area contributed by atoms with Crippen LogP contribution in [0.1, 0.15) is 22.5 Å². The summed E-state index contributed by atoms with van der Waals surface area (Å²) in [6.45, 7) is 3.80. The third kappa shape index (κ3) is 3.21. The van der Waals surface area contributed by atoms with Crippen molar-refractivity contribution in [1.29, 1.82) is 10.5 Å². The van der Waals surface area contributed by atoms with Crippen LogP contribution >= 0.6 is 11.8 Å². The Labute approximate surface area is 149 Å². The van der Waals surface area contributed by atoms with E-state index in [0.29, 0.717) is 22.1 Å². The molecule has 5 nitrogen and oxygen atoms in total. The second-order valence-electron chi connectivity index (χ2n) is 5.48. The topological polar surface area (TPSA) is 99.6 Å². The second kappa shape index (κ2) is 6.72. The van der Waals surface area contributed by atoms with E-state index in [2.05, 4.69) is 11.1 Å². The van der Waals surface area contributed by atoms with Gasteiger partial charge < -0.3 is 10.2 Å². The van der Waals surface area contributed by atoms with Gasteiger partial charge in [-0.05, 0) is 38.1 Å². The van der Waals surface area contributed by atoms with Crippen molar-refractivity contribution < 1.29 is 4.42 Å². The van der Waals surface area contributed by atoms with Gasteiger partial charge in [-0.2, -0.15) is 10.5 Å². The summed E-state index contributed by atoms with van der Waals surface area (Å²) >= 11 is 1.33. The van der Waals surface area contributed by atoms with E-state index >= 15 is 0 Å². The number of nitrogens with two attached hydrogens (primary N) is 1. The molecule has 2 heterocycles. The Morgan fingerprint density at radius 2 is 1.68 bits per heavy atom. The van der Waals surface area contributed by atoms with E-state index in [4.69, 9.17) is 10.2 Å². The summed E-state index contributed by atoms with van der Waals surface area (Å²) in [6, 6.07) is 15.6. The first kappa shape index (κ1) is 16.6. The van der Waals surface area contributed by atoms with E-state index in [9.17, 15) is 10.5 Å². The Bertz CT molecular complexity index is 1020. The van der Waals surface area contributed by atoms with E-state index < -0.39 is 0 Å². The smallest absolute Gasteiger partial charge is 0.143 e. The summed E-state index contributed by atoms with van der Waals surface area (Å²) < 4.78 is 5.64. The molecule has 0 amide bonds. The van der Waals surface area contributed by atoms with Crippen molar-refractivity contribution in [1.82, 2.24) is 4.98 Å². The third-order valence-corrected chi connectivity index (χ3v) is 4.63. The molecule has 0 aliphatic carbocycles. The van der Waals surface area contributed by atoms with Crippen molar-refractivity contribution in [3.8, 4) is 23.5 Å². The van der Waals surface area contributed by atoms with Gasteiger partial charge in [-0.25, -0.2) is 4.98 Å². The van der Waals surface area contributed by atoms with Crippen molar-refractivity contribution in [2.45, 2.75) is 23.8 Å². The monoisotopic (exact) mass is 346 g/mol. The number of nitrogens with zero attached hydrogens (tertiary/aromatic N) is 3. The Balaban J connectivity index is 2.20. The third-order valence-electron chi connectivity index (χ3n) is 3.64. The lowest BCUT2D eigenvalue weighted by Gasteiger charge is -2.11. The van der Waals surface area contributed by atoms with E-state index in [1.807, 2.05) is 37.3 Å². The molecule has 122 valence electrons. The van der Waals surface area contributed by atoms with Crippen LogP contribution < -0.4 is 5.73 Å². The van der Waals surface area contributed by atoms with Gasteiger partial charge in [-0.15, -0.1) is 0 Å². The molecule has 3 aromatic rings. The van der Waals surface area contributed by atoms with Crippen LogP contribution in [0.3, 0.4) is 0 Å². The minimum atomic E-state index is 0.0835. The molecule has 0 fully saturated rings. The molecule has 0 radical (unpaired) electrons. The molecule has 6 heteroatoms. The highest BCUT2D eigenvalue weighted by Gasteiger charge is 2.22. The SMILES string of the molecule is Cc1ccc(Sc2nc(N)c(C#N)c(-c3ccc(C)o3)c2C#N)cc1. The normalized spacial score (nSPS) is 10.2. The summed E-state index contributed by atoms with van der Waals surface area (Å²) in [6.07, 6.45) is 0. The molecule has 0 aliphatic rings. The lowest BCUT2D eigenvalue weighted by atomic mass is 10.0. The molecule has 2 N–H and O–H groups in total. The first-order chi connectivity index (χ1) is 12.0. The highest BCUT2D eigenvalue weighted by molar-refractivity contribution is 7.99. The molecular weight excluding hydrogens is 332 g/mol. The molecule has 25 heavy (non-hydrogen) atoms. The van der Waals surface area contributed by atoms with Crippen LogP contribution in [0.2, 0.25) is 0 Å². The van der Waals surface area contributed by atoms with Crippen LogP contribution in [-0.4, -0.2) is 4.98 Å². The molecule has 3 rings (SSSR count). The fourth-order valence-electron chi connectivity index (χ4n) is 2.41. The fourth-order valence-corrected chi connectivity index (χ4v) is 3.29. The molecular formula is C19H14N4OS. The molecule has 0 unspecified atom stereocenters. The number of nitriles is 2. The highest BCUT2D eigenvalue weighted by Crippen LogP contribution is 2.38. The zero-order valence-corrected chi connectivity index (χ0v) is 14.5. The fraction of sp³-hybridized carbons (Fsp3) is 0.105. The van der Waals surface area contributed by atoms with Crippen molar-refractivity contribution >= 4 is 17.6 Å². The average Bonchev–Trinajstić information content (AvgIpc) is 3.02. The number of hydrogen-bond acceptors (Lipinski definition) is 6. The van der Waals surface area contributed by atoms with Crippen LogP contribution in [0.15, 0.2) is 50.7 Å². The standard InChI is InChI=1S/C19H14N4OS/c1-11-3-6-13(7-4-11)25-19-15(10-21)17(14(9-20)18(22)23-19)16-8-5-12(2)24-16/h3-8H,1-2H3,(H2,22,23). The number of hydrogen-bond donors (Lipinski definition) is 1. The van der Waals surface area contributed by atoms with Gasteiger partial charge in [0.25, 0.3) is 0 Å². The number of rotatable bonds is 3. The van der Waals surface area contributed by atoms with E-state index in [1.54, 1.807) is 19.1 Å². The van der Waals surface area contributed by atoms with Gasteiger partial charge in [0.15, 0.2) is 0 Å². The molecule has 0 atom stereocenters. The number of benzene rings is 1. The Morgan fingerprint density at radius 1 is 1.00 bits per heavy atom. The average molecular weight is 346 g/mol. The zero-order valence-electron chi connectivity index (χ0n) is 13.7. The number of nitrogen functional groups attached to an aromatic ring is 1. The number of aromatic nitrogens is 1. The van der Waals surface area contributed by atoms with Crippen LogP contribution in [-0.2, 0) is 0 Å². The van der Waals surface area contributed by atoms with Gasteiger partial charge in [0, 0.05) is 4.90 Å². The Kier molecular flexibility index (Phi) is 4.47. The predicted octanol–water partition coefficient (Wildman–Crippen LogP) is 4.44. The minimum Gasteiger partial charge on any atom is -0.461 e. The maximum atomic E-state index is 9.71. The van der Waals surface area contributed by atoms with Crippen molar-refractivity contribution in [3.05, 3.63) is 58.8 Å². The molecule has 0 saturated carbocycles.